The summed E-state index contributed by atoms with van der Waals surface area (Å²) < 4.78 is 0. The van der Waals surface area contributed by atoms with Crippen molar-refractivity contribution < 1.29 is 4.79 Å². The molecule has 0 saturated heterocycles. The lowest BCUT2D eigenvalue weighted by Crippen LogP contribution is -2.07. The zero-order valence-corrected chi connectivity index (χ0v) is 11.8. The lowest BCUT2D eigenvalue weighted by Gasteiger charge is -2.06. The highest BCUT2D eigenvalue weighted by molar-refractivity contribution is 5.91. The minimum atomic E-state index is 0.206. The maximum Gasteiger partial charge on any atom is 0.141 e. The molecule has 0 atom stereocenters. The third-order valence-corrected chi connectivity index (χ3v) is 3.62. The van der Waals surface area contributed by atoms with Crippen molar-refractivity contribution in [2.24, 2.45) is 0 Å². The number of ketones is 1. The number of nitrogen functional groups attached to an aromatic ring is 1. The summed E-state index contributed by atoms with van der Waals surface area (Å²) in [6, 6.07) is 21.8. The Kier molecular flexibility index (Phi) is 3.69. The number of anilines is 1. The fraction of sp³-hybridized carbons (Fsp3) is 0.105. The van der Waals surface area contributed by atoms with Gasteiger partial charge in [0.1, 0.15) is 5.78 Å². The van der Waals surface area contributed by atoms with Crippen LogP contribution in [0.25, 0.3) is 10.8 Å². The number of carbonyl (C=O) groups is 1. The summed E-state index contributed by atoms with van der Waals surface area (Å²) in [6.07, 6.45) is 0.879. The van der Waals surface area contributed by atoms with Crippen LogP contribution >= 0.6 is 0 Å². The normalized spacial score (nSPS) is 10.7. The van der Waals surface area contributed by atoms with Crippen molar-refractivity contribution in [1.29, 1.82) is 0 Å². The van der Waals surface area contributed by atoms with Crippen LogP contribution in [-0.4, -0.2) is 5.78 Å². The quantitative estimate of drug-likeness (QED) is 0.736. The predicted molar refractivity (Wildman–Crippen MR) is 87.2 cm³/mol. The second kappa shape index (κ2) is 5.80. The predicted octanol–water partition coefficient (Wildman–Crippen LogP) is 3.78. The van der Waals surface area contributed by atoms with Crippen molar-refractivity contribution in [3.05, 3.63) is 77.9 Å². The molecule has 3 aromatic rings. The van der Waals surface area contributed by atoms with E-state index in [2.05, 4.69) is 18.2 Å². The Morgan fingerprint density at radius 2 is 1.62 bits per heavy atom. The van der Waals surface area contributed by atoms with Crippen molar-refractivity contribution >= 4 is 22.2 Å². The summed E-state index contributed by atoms with van der Waals surface area (Å²) in [7, 11) is 0. The number of benzene rings is 3. The van der Waals surface area contributed by atoms with Gasteiger partial charge in [0.25, 0.3) is 0 Å². The van der Waals surface area contributed by atoms with E-state index in [9.17, 15) is 4.79 Å². The van der Waals surface area contributed by atoms with Gasteiger partial charge in [-0.2, -0.15) is 0 Å². The summed E-state index contributed by atoms with van der Waals surface area (Å²) in [6.45, 7) is 0. The molecule has 2 nitrogen and oxygen atoms in total. The van der Waals surface area contributed by atoms with E-state index in [0.29, 0.717) is 18.5 Å². The monoisotopic (exact) mass is 275 g/mol. The van der Waals surface area contributed by atoms with Crippen LogP contribution in [0, 0.1) is 0 Å². The van der Waals surface area contributed by atoms with Crippen LogP contribution in [0.5, 0.6) is 0 Å². The lowest BCUT2D eigenvalue weighted by molar-refractivity contribution is -0.117. The van der Waals surface area contributed by atoms with E-state index < -0.39 is 0 Å². The molecule has 0 spiro atoms. The summed E-state index contributed by atoms with van der Waals surface area (Å²) in [5, 5.41) is 2.33. The van der Waals surface area contributed by atoms with Gasteiger partial charge in [-0.3, -0.25) is 4.79 Å². The molecule has 0 bridgehead atoms. The molecule has 0 aliphatic heterocycles. The fourth-order valence-electron chi connectivity index (χ4n) is 2.65. The molecule has 104 valence electrons. The van der Waals surface area contributed by atoms with Gasteiger partial charge >= 0.3 is 0 Å². The van der Waals surface area contributed by atoms with Gasteiger partial charge in [0.2, 0.25) is 0 Å². The van der Waals surface area contributed by atoms with Gasteiger partial charge in [0.15, 0.2) is 0 Å². The van der Waals surface area contributed by atoms with E-state index >= 15 is 0 Å². The molecule has 3 rings (SSSR count). The first-order valence-electron chi connectivity index (χ1n) is 7.05. The number of Topliss-reactive ketones (excluding diaryl/α,β-unsaturated/α-hetero) is 1. The van der Waals surface area contributed by atoms with Crippen LogP contribution in [0.15, 0.2) is 66.7 Å². The largest absolute Gasteiger partial charge is 0.399 e. The van der Waals surface area contributed by atoms with Crippen molar-refractivity contribution in [2.45, 2.75) is 12.8 Å². The molecule has 0 aliphatic carbocycles. The molecular weight excluding hydrogens is 258 g/mol. The number of hydrogen-bond donors (Lipinski definition) is 1. The average molecular weight is 275 g/mol. The molecule has 0 amide bonds. The van der Waals surface area contributed by atoms with E-state index in [1.807, 2.05) is 48.5 Å². The fourth-order valence-corrected chi connectivity index (χ4v) is 2.65. The Morgan fingerprint density at radius 1 is 0.857 bits per heavy atom. The van der Waals surface area contributed by atoms with Crippen LogP contribution in [0.4, 0.5) is 5.69 Å². The van der Waals surface area contributed by atoms with E-state index in [1.165, 1.54) is 5.39 Å². The van der Waals surface area contributed by atoms with Crippen LogP contribution in [-0.2, 0) is 17.6 Å². The molecule has 0 radical (unpaired) electrons. The minimum absolute atomic E-state index is 0.206. The van der Waals surface area contributed by atoms with Gasteiger partial charge in [-0.05, 0) is 34.0 Å². The summed E-state index contributed by atoms with van der Waals surface area (Å²) in [4.78, 5) is 12.3. The van der Waals surface area contributed by atoms with Gasteiger partial charge in [-0.1, -0.05) is 54.6 Å². The zero-order valence-electron chi connectivity index (χ0n) is 11.8. The van der Waals surface area contributed by atoms with E-state index in [4.69, 9.17) is 5.73 Å². The minimum Gasteiger partial charge on any atom is -0.399 e. The highest BCUT2D eigenvalue weighted by Crippen LogP contribution is 2.19. The van der Waals surface area contributed by atoms with Gasteiger partial charge in [0, 0.05) is 18.5 Å². The van der Waals surface area contributed by atoms with Crippen molar-refractivity contribution in [1.82, 2.24) is 0 Å². The molecule has 3 aromatic carbocycles. The van der Waals surface area contributed by atoms with Gasteiger partial charge in [-0.15, -0.1) is 0 Å². The van der Waals surface area contributed by atoms with Crippen molar-refractivity contribution in [3.63, 3.8) is 0 Å². The Balaban J connectivity index is 1.80. The van der Waals surface area contributed by atoms with Crippen LogP contribution < -0.4 is 5.73 Å². The molecule has 0 saturated carbocycles. The first-order valence-corrected chi connectivity index (χ1v) is 7.05. The molecule has 0 fully saturated rings. The third-order valence-electron chi connectivity index (χ3n) is 3.62. The summed E-state index contributed by atoms with van der Waals surface area (Å²) in [5.41, 5.74) is 8.51. The second-order valence-electron chi connectivity index (χ2n) is 5.28. The maximum atomic E-state index is 12.3. The number of rotatable bonds is 4. The van der Waals surface area contributed by atoms with Gasteiger partial charge < -0.3 is 5.73 Å². The smallest absolute Gasteiger partial charge is 0.141 e. The number of hydrogen-bond acceptors (Lipinski definition) is 2. The molecule has 2 heteroatoms. The first-order chi connectivity index (χ1) is 10.2. The van der Waals surface area contributed by atoms with E-state index in [1.54, 1.807) is 0 Å². The SMILES string of the molecule is Nc1cccc(CC(=O)Cc2cccc3ccccc23)c1. The highest BCUT2D eigenvalue weighted by Gasteiger charge is 2.08. The van der Waals surface area contributed by atoms with Gasteiger partial charge in [-0.25, -0.2) is 0 Å². The molecule has 2 N–H and O–H groups in total. The third kappa shape index (κ3) is 3.11. The summed E-state index contributed by atoms with van der Waals surface area (Å²) >= 11 is 0. The van der Waals surface area contributed by atoms with Crippen LogP contribution in [0.2, 0.25) is 0 Å². The first kappa shape index (κ1) is 13.4. The Labute approximate surface area is 124 Å². The van der Waals surface area contributed by atoms with Crippen LogP contribution in [0.1, 0.15) is 11.1 Å². The second-order valence-corrected chi connectivity index (χ2v) is 5.28. The van der Waals surface area contributed by atoms with Crippen LogP contribution in [0.3, 0.4) is 0 Å². The molecule has 0 aromatic heterocycles. The average Bonchev–Trinajstić information content (AvgIpc) is 2.47. The number of nitrogens with two attached hydrogens (primary N) is 1. The number of carbonyl (C=O) groups excluding carboxylic acids is 1. The number of fused-ring (bicyclic) bond motifs is 1. The van der Waals surface area contributed by atoms with Crippen molar-refractivity contribution in [3.8, 4) is 0 Å². The maximum absolute atomic E-state index is 12.3. The molecule has 0 heterocycles. The zero-order chi connectivity index (χ0) is 14.7. The van der Waals surface area contributed by atoms with Crippen molar-refractivity contribution in [2.75, 3.05) is 5.73 Å². The Morgan fingerprint density at radius 3 is 2.48 bits per heavy atom. The van der Waals surface area contributed by atoms with Gasteiger partial charge in [0.05, 0.1) is 0 Å². The highest BCUT2D eigenvalue weighted by atomic mass is 16.1. The van der Waals surface area contributed by atoms with E-state index in [0.717, 1.165) is 16.5 Å². The Bertz CT molecular complexity index is 787. The molecule has 21 heavy (non-hydrogen) atoms. The lowest BCUT2D eigenvalue weighted by atomic mass is 9.98. The Hall–Kier alpha value is -2.61. The molecular formula is C19H17NO. The molecule has 0 unspecified atom stereocenters. The topological polar surface area (TPSA) is 43.1 Å². The van der Waals surface area contributed by atoms with E-state index in [-0.39, 0.29) is 5.78 Å². The standard InChI is InChI=1S/C19H17NO/c20-17-9-3-5-14(11-17)12-18(21)13-16-8-4-7-15-6-1-2-10-19(15)16/h1-11H,12-13,20H2. The molecule has 0 aliphatic rings. The summed E-state index contributed by atoms with van der Waals surface area (Å²) in [5.74, 6) is 0.206.